The Labute approximate surface area is 179 Å². The van der Waals surface area contributed by atoms with Crippen molar-refractivity contribution in [3.05, 3.63) is 23.3 Å². The van der Waals surface area contributed by atoms with Crippen molar-refractivity contribution in [3.63, 3.8) is 0 Å². The van der Waals surface area contributed by atoms with Crippen molar-refractivity contribution in [2.45, 2.75) is 90.3 Å². The molecule has 4 fully saturated rings. The lowest BCUT2D eigenvalue weighted by molar-refractivity contribution is -0.287. The first-order valence-electron chi connectivity index (χ1n) is 11.5. The van der Waals surface area contributed by atoms with Gasteiger partial charge in [-0.15, -0.1) is 0 Å². The van der Waals surface area contributed by atoms with Crippen LogP contribution < -0.4 is 0 Å². The van der Waals surface area contributed by atoms with Crippen molar-refractivity contribution < 1.29 is 23.8 Å². The quantitative estimate of drug-likeness (QED) is 0.471. The Bertz CT molecular complexity index is 869. The van der Waals surface area contributed by atoms with Crippen molar-refractivity contribution in [2.75, 3.05) is 0 Å². The van der Waals surface area contributed by atoms with Crippen LogP contribution in [0.1, 0.15) is 67.2 Å². The summed E-state index contributed by atoms with van der Waals surface area (Å²) in [6.07, 6.45) is 6.58. The topological polar surface area (TPSA) is 61.8 Å². The molecule has 0 aromatic heterocycles. The maximum atomic E-state index is 14.1. The average Bonchev–Trinajstić information content (AvgIpc) is 3.20. The van der Waals surface area contributed by atoms with E-state index in [4.69, 9.17) is 14.2 Å². The summed E-state index contributed by atoms with van der Waals surface area (Å²) in [5, 5.41) is 0. The number of ketones is 1. The van der Waals surface area contributed by atoms with Crippen LogP contribution in [0.25, 0.3) is 0 Å². The number of fused-ring (bicyclic) bond motifs is 1. The molecule has 2 saturated carbocycles. The van der Waals surface area contributed by atoms with Crippen molar-refractivity contribution in [1.82, 2.24) is 0 Å². The third-order valence-corrected chi connectivity index (χ3v) is 8.88. The molecule has 0 radical (unpaired) electrons. The fourth-order valence-corrected chi connectivity index (χ4v) is 7.49. The van der Waals surface area contributed by atoms with E-state index in [-0.39, 0.29) is 35.7 Å². The maximum absolute atomic E-state index is 14.1. The molecule has 5 nitrogen and oxygen atoms in total. The molecule has 2 bridgehead atoms. The first-order chi connectivity index (χ1) is 14.0. The van der Waals surface area contributed by atoms with E-state index in [1.54, 1.807) is 6.08 Å². The number of carbonyl (C=O) groups is 2. The van der Waals surface area contributed by atoms with Crippen LogP contribution in [0, 0.1) is 29.6 Å². The standard InChI is InChI=1S/C25H34O5/c1-13(2)11-18-25-16(5)17-8-7-14(3)20(17)21(27)22(25)23(6,28-18)9-10-24(30-25)15(4)12-19(26)29-24/h11-12,14,16-18,20,22H,7-10H2,1-6H3/t14-,16-,17-,18?,20+,22-,23-,24-,25-/m0/s1. The molecule has 3 heterocycles. The minimum Gasteiger partial charge on any atom is -0.426 e. The predicted octanol–water partition coefficient (Wildman–Crippen LogP) is 4.36. The Hall–Kier alpha value is -1.46. The van der Waals surface area contributed by atoms with Crippen LogP contribution in [0.5, 0.6) is 0 Å². The molecular weight excluding hydrogens is 380 g/mol. The van der Waals surface area contributed by atoms with Gasteiger partial charge in [-0.25, -0.2) is 4.79 Å². The van der Waals surface area contributed by atoms with Gasteiger partial charge < -0.3 is 14.2 Å². The van der Waals surface area contributed by atoms with Crippen LogP contribution in [0.3, 0.4) is 0 Å². The normalized spacial score (nSPS) is 51.9. The lowest BCUT2D eigenvalue weighted by Crippen LogP contribution is -2.65. The number of Topliss-reactive ketones (excluding diaryl/α,β-unsaturated/α-hetero) is 1. The highest BCUT2D eigenvalue weighted by molar-refractivity contribution is 5.89. The maximum Gasteiger partial charge on any atom is 0.333 e. The molecule has 1 spiro atoms. The molecule has 164 valence electrons. The molecule has 1 unspecified atom stereocenters. The van der Waals surface area contributed by atoms with Gasteiger partial charge in [-0.2, -0.15) is 0 Å². The monoisotopic (exact) mass is 414 g/mol. The van der Waals surface area contributed by atoms with Gasteiger partial charge >= 0.3 is 5.97 Å². The molecule has 5 rings (SSSR count). The van der Waals surface area contributed by atoms with Crippen molar-refractivity contribution >= 4 is 11.8 Å². The average molecular weight is 415 g/mol. The van der Waals surface area contributed by atoms with E-state index in [0.29, 0.717) is 24.5 Å². The van der Waals surface area contributed by atoms with E-state index in [9.17, 15) is 9.59 Å². The summed E-state index contributed by atoms with van der Waals surface area (Å²) in [4.78, 5) is 26.3. The van der Waals surface area contributed by atoms with E-state index in [0.717, 1.165) is 24.0 Å². The lowest BCUT2D eigenvalue weighted by atomic mass is 9.55. The van der Waals surface area contributed by atoms with Crippen LogP contribution in [0.2, 0.25) is 0 Å². The van der Waals surface area contributed by atoms with Crippen LogP contribution >= 0.6 is 0 Å². The minimum atomic E-state index is -1.09. The van der Waals surface area contributed by atoms with Gasteiger partial charge in [-0.1, -0.05) is 25.5 Å². The molecular formula is C25H34O5. The second-order valence-electron chi connectivity index (χ2n) is 10.9. The van der Waals surface area contributed by atoms with Crippen LogP contribution in [0.15, 0.2) is 23.3 Å². The summed E-state index contributed by atoms with van der Waals surface area (Å²) in [7, 11) is 0. The van der Waals surface area contributed by atoms with E-state index < -0.39 is 17.0 Å². The lowest BCUT2D eigenvalue weighted by Gasteiger charge is -2.53. The first kappa shape index (κ1) is 20.4. The van der Waals surface area contributed by atoms with Crippen molar-refractivity contribution in [3.8, 4) is 0 Å². The number of rotatable bonds is 1. The third kappa shape index (κ3) is 2.42. The minimum absolute atomic E-state index is 0.0759. The van der Waals surface area contributed by atoms with Gasteiger partial charge in [0.15, 0.2) is 0 Å². The summed E-state index contributed by atoms with van der Waals surface area (Å²) in [6.45, 7) is 12.6. The van der Waals surface area contributed by atoms with Gasteiger partial charge in [0.25, 0.3) is 0 Å². The van der Waals surface area contributed by atoms with Crippen molar-refractivity contribution in [1.29, 1.82) is 0 Å². The Balaban J connectivity index is 1.72. The molecule has 0 N–H and O–H groups in total. The largest absolute Gasteiger partial charge is 0.426 e. The SMILES string of the molecule is CC(C)=CC1O[C@@]2(C)CC[C@]3(OC(=O)C=C3C)O[C@]13[C@H]2C(=O)[C@H]1[C@@H](CC[C@@H]1C)[C@@H]3C. The molecule has 0 aromatic rings. The zero-order chi connectivity index (χ0) is 21.6. The fraction of sp³-hybridized carbons (Fsp3) is 0.760. The summed E-state index contributed by atoms with van der Waals surface area (Å²) < 4.78 is 19.6. The highest BCUT2D eigenvalue weighted by Crippen LogP contribution is 2.65. The van der Waals surface area contributed by atoms with E-state index >= 15 is 0 Å². The summed E-state index contributed by atoms with van der Waals surface area (Å²) in [5.41, 5.74) is 0.477. The Morgan fingerprint density at radius 3 is 2.53 bits per heavy atom. The Kier molecular flexibility index (Phi) is 4.29. The number of ether oxygens (including phenoxy) is 3. The molecule has 3 aliphatic heterocycles. The van der Waals surface area contributed by atoms with Gasteiger partial charge in [0.05, 0.1) is 11.5 Å². The van der Waals surface area contributed by atoms with Gasteiger partial charge in [-0.05, 0) is 64.7 Å². The zero-order valence-electron chi connectivity index (χ0n) is 19.0. The molecule has 9 atom stereocenters. The third-order valence-electron chi connectivity index (χ3n) is 8.88. The number of hydrogen-bond donors (Lipinski definition) is 0. The van der Waals surface area contributed by atoms with Gasteiger partial charge in [-0.3, -0.25) is 4.79 Å². The summed E-state index contributed by atoms with van der Waals surface area (Å²) in [6, 6.07) is 0. The zero-order valence-corrected chi connectivity index (χ0v) is 19.0. The van der Waals surface area contributed by atoms with E-state index in [2.05, 4.69) is 40.7 Å². The molecule has 0 amide bonds. The highest BCUT2D eigenvalue weighted by atomic mass is 16.7. The van der Waals surface area contributed by atoms with Gasteiger partial charge in [0.2, 0.25) is 5.79 Å². The number of carbonyl (C=O) groups excluding carboxylic acids is 2. The van der Waals surface area contributed by atoms with Crippen LogP contribution in [-0.2, 0) is 23.8 Å². The second kappa shape index (κ2) is 6.29. The molecule has 30 heavy (non-hydrogen) atoms. The Morgan fingerprint density at radius 2 is 1.90 bits per heavy atom. The molecule has 2 saturated heterocycles. The second-order valence-corrected chi connectivity index (χ2v) is 10.9. The predicted molar refractivity (Wildman–Crippen MR) is 111 cm³/mol. The van der Waals surface area contributed by atoms with E-state index in [1.807, 2.05) is 6.92 Å². The van der Waals surface area contributed by atoms with Gasteiger partial charge in [0.1, 0.15) is 17.5 Å². The summed E-state index contributed by atoms with van der Waals surface area (Å²) in [5.74, 6) is -0.616. The highest BCUT2D eigenvalue weighted by Gasteiger charge is 2.76. The molecule has 2 aliphatic carbocycles. The number of esters is 1. The number of hydrogen-bond acceptors (Lipinski definition) is 5. The fourth-order valence-electron chi connectivity index (χ4n) is 7.49. The first-order valence-corrected chi connectivity index (χ1v) is 11.5. The number of allylic oxidation sites excluding steroid dienone is 1. The van der Waals surface area contributed by atoms with Crippen molar-refractivity contribution in [2.24, 2.45) is 29.6 Å². The summed E-state index contributed by atoms with van der Waals surface area (Å²) >= 11 is 0. The van der Waals surface area contributed by atoms with Gasteiger partial charge in [0, 0.05) is 24.0 Å². The van der Waals surface area contributed by atoms with E-state index in [1.165, 1.54) is 0 Å². The Morgan fingerprint density at radius 1 is 1.17 bits per heavy atom. The molecule has 5 aliphatic rings. The van der Waals surface area contributed by atoms with Crippen LogP contribution in [0.4, 0.5) is 0 Å². The smallest absolute Gasteiger partial charge is 0.333 e. The van der Waals surface area contributed by atoms with Crippen LogP contribution in [-0.4, -0.2) is 34.8 Å². The molecule has 0 aromatic carbocycles. The molecule has 5 heteroatoms.